The van der Waals surface area contributed by atoms with Gasteiger partial charge in [-0.3, -0.25) is 0 Å². The molecular formula is C40H85NS. The summed E-state index contributed by atoms with van der Waals surface area (Å²) >= 11 is 0. The van der Waals surface area contributed by atoms with E-state index in [9.17, 15) is 0 Å². The van der Waals surface area contributed by atoms with Crippen LogP contribution in [0.15, 0.2) is 0 Å². The summed E-state index contributed by atoms with van der Waals surface area (Å²) in [5.74, 6) is 5.46. The number of hydrogen-bond acceptors (Lipinski definition) is 1. The van der Waals surface area contributed by atoms with Crippen LogP contribution in [-0.4, -0.2) is 23.1 Å². The predicted octanol–water partition coefficient (Wildman–Crippen LogP) is 14.6. The molecule has 0 aliphatic carbocycles. The van der Waals surface area contributed by atoms with Crippen LogP contribution in [0.3, 0.4) is 0 Å². The standard InChI is InChI=1S/C40H85NS/c1-4-7-10-13-16-19-22-23-24-27-30-33-36-39-42(40-41,37-34-31-28-25-20-17-14-11-8-5-2)38-35-32-29-26-21-18-15-12-9-6-3/h4-41H2,1-3H3. The SMILES string of the molecule is CCCCCCCCCCCCCCCS(CN)(CCCCCCCCCCCC)CCCCCCCCCCCC. The Morgan fingerprint density at radius 1 is 0.262 bits per heavy atom. The van der Waals surface area contributed by atoms with Crippen molar-refractivity contribution in [3.8, 4) is 0 Å². The van der Waals surface area contributed by atoms with E-state index in [1.165, 1.54) is 229 Å². The van der Waals surface area contributed by atoms with Crippen molar-refractivity contribution in [3.63, 3.8) is 0 Å². The smallest absolute Gasteiger partial charge is 0.0235 e. The van der Waals surface area contributed by atoms with Gasteiger partial charge in [0.1, 0.15) is 0 Å². The predicted molar refractivity (Wildman–Crippen MR) is 201 cm³/mol. The van der Waals surface area contributed by atoms with Gasteiger partial charge < -0.3 is 5.73 Å². The van der Waals surface area contributed by atoms with Crippen LogP contribution in [0.2, 0.25) is 0 Å². The first-order chi connectivity index (χ1) is 20.7. The highest BCUT2D eigenvalue weighted by Crippen LogP contribution is 2.49. The molecule has 2 N–H and O–H groups in total. The molecule has 0 amide bonds. The van der Waals surface area contributed by atoms with Crippen molar-refractivity contribution in [1.29, 1.82) is 0 Å². The third-order valence-electron chi connectivity index (χ3n) is 9.90. The Bertz CT molecular complexity index is 454. The first-order valence-corrected chi connectivity index (χ1v) is 22.5. The summed E-state index contributed by atoms with van der Waals surface area (Å²) in [6.07, 6.45) is 48.0. The Morgan fingerprint density at radius 3 is 0.595 bits per heavy atom. The van der Waals surface area contributed by atoms with E-state index in [1.54, 1.807) is 0 Å². The Kier molecular flexibility index (Phi) is 36.0. The fourth-order valence-electron chi connectivity index (χ4n) is 6.77. The van der Waals surface area contributed by atoms with Crippen LogP contribution >= 0.6 is 10.0 Å². The second kappa shape index (κ2) is 35.8. The van der Waals surface area contributed by atoms with Crippen molar-refractivity contribution >= 4 is 10.0 Å². The van der Waals surface area contributed by atoms with E-state index in [1.807, 2.05) is 0 Å². The van der Waals surface area contributed by atoms with Crippen molar-refractivity contribution in [2.75, 3.05) is 23.1 Å². The molecule has 0 aromatic rings. The Morgan fingerprint density at radius 2 is 0.429 bits per heavy atom. The van der Waals surface area contributed by atoms with E-state index >= 15 is 0 Å². The summed E-state index contributed by atoms with van der Waals surface area (Å²) in [6, 6.07) is 0. The highest BCUT2D eigenvalue weighted by atomic mass is 32.3. The highest BCUT2D eigenvalue weighted by molar-refractivity contribution is 8.33. The van der Waals surface area contributed by atoms with Gasteiger partial charge in [-0.2, -0.15) is 0 Å². The molecule has 0 rings (SSSR count). The minimum absolute atomic E-state index is 0.587. The molecule has 0 bridgehead atoms. The van der Waals surface area contributed by atoms with E-state index in [4.69, 9.17) is 5.73 Å². The molecule has 0 aromatic carbocycles. The minimum Gasteiger partial charge on any atom is -0.323 e. The molecule has 0 saturated carbocycles. The van der Waals surface area contributed by atoms with Gasteiger partial charge in [-0.1, -0.05) is 213 Å². The van der Waals surface area contributed by atoms with Crippen molar-refractivity contribution < 1.29 is 0 Å². The fourth-order valence-corrected chi connectivity index (χ4v) is 10.3. The van der Waals surface area contributed by atoms with Gasteiger partial charge in [0, 0.05) is 5.88 Å². The molecule has 256 valence electrons. The lowest BCUT2D eigenvalue weighted by molar-refractivity contribution is 0.543. The van der Waals surface area contributed by atoms with Crippen molar-refractivity contribution in [1.82, 2.24) is 0 Å². The molecule has 0 atom stereocenters. The Balaban J connectivity index is 4.19. The third kappa shape index (κ3) is 30.3. The monoisotopic (exact) mass is 612 g/mol. The molecular weight excluding hydrogens is 527 g/mol. The van der Waals surface area contributed by atoms with Crippen LogP contribution in [0.25, 0.3) is 0 Å². The minimum atomic E-state index is -0.587. The summed E-state index contributed by atoms with van der Waals surface area (Å²) in [7, 11) is -0.587. The van der Waals surface area contributed by atoms with E-state index in [2.05, 4.69) is 20.8 Å². The van der Waals surface area contributed by atoms with E-state index in [-0.39, 0.29) is 0 Å². The average molecular weight is 612 g/mol. The lowest BCUT2D eigenvalue weighted by Crippen LogP contribution is -2.22. The summed E-state index contributed by atoms with van der Waals surface area (Å²) in [6.45, 7) is 6.95. The molecule has 1 nitrogen and oxygen atoms in total. The maximum absolute atomic E-state index is 6.63. The van der Waals surface area contributed by atoms with Gasteiger partial charge in [-0.05, 0) is 36.5 Å². The topological polar surface area (TPSA) is 26.0 Å². The lowest BCUT2D eigenvalue weighted by atomic mass is 10.1. The van der Waals surface area contributed by atoms with Gasteiger partial charge in [0.05, 0.1) is 0 Å². The van der Waals surface area contributed by atoms with Crippen LogP contribution in [0.4, 0.5) is 0 Å². The Labute approximate surface area is 270 Å². The van der Waals surface area contributed by atoms with Crippen molar-refractivity contribution in [2.45, 2.75) is 233 Å². The Hall–Kier alpha value is 0.310. The van der Waals surface area contributed by atoms with Gasteiger partial charge in [0.15, 0.2) is 0 Å². The number of nitrogens with two attached hydrogens (primary N) is 1. The van der Waals surface area contributed by atoms with Crippen LogP contribution in [0, 0.1) is 0 Å². The van der Waals surface area contributed by atoms with Crippen LogP contribution in [0.5, 0.6) is 0 Å². The normalized spacial score (nSPS) is 12.4. The van der Waals surface area contributed by atoms with Gasteiger partial charge >= 0.3 is 0 Å². The maximum atomic E-state index is 6.63. The molecule has 0 radical (unpaired) electrons. The number of rotatable bonds is 37. The molecule has 0 aliphatic heterocycles. The van der Waals surface area contributed by atoms with Crippen LogP contribution < -0.4 is 5.73 Å². The molecule has 0 heterocycles. The zero-order chi connectivity index (χ0) is 30.7. The zero-order valence-electron chi connectivity index (χ0n) is 30.1. The van der Waals surface area contributed by atoms with E-state index in [0.717, 1.165) is 5.88 Å². The van der Waals surface area contributed by atoms with Gasteiger partial charge in [0.2, 0.25) is 0 Å². The van der Waals surface area contributed by atoms with Crippen LogP contribution in [-0.2, 0) is 0 Å². The second-order valence-electron chi connectivity index (χ2n) is 14.1. The molecule has 0 saturated heterocycles. The van der Waals surface area contributed by atoms with E-state index < -0.39 is 10.0 Å². The first-order valence-electron chi connectivity index (χ1n) is 20.2. The maximum Gasteiger partial charge on any atom is 0.0235 e. The molecule has 0 aromatic heterocycles. The van der Waals surface area contributed by atoms with Crippen LogP contribution in [0.1, 0.15) is 233 Å². The highest BCUT2D eigenvalue weighted by Gasteiger charge is 2.21. The van der Waals surface area contributed by atoms with Gasteiger partial charge in [0.25, 0.3) is 0 Å². The van der Waals surface area contributed by atoms with Gasteiger partial charge in [-0.25, -0.2) is 10.0 Å². The second-order valence-corrected chi connectivity index (χ2v) is 18.1. The molecule has 0 spiro atoms. The van der Waals surface area contributed by atoms with Crippen molar-refractivity contribution in [3.05, 3.63) is 0 Å². The quantitative estimate of drug-likeness (QED) is 0.0695. The van der Waals surface area contributed by atoms with E-state index in [0.29, 0.717) is 0 Å². The average Bonchev–Trinajstić information content (AvgIpc) is 3.01. The zero-order valence-corrected chi connectivity index (χ0v) is 31.0. The fraction of sp³-hybridized carbons (Fsp3) is 1.00. The number of hydrogen-bond donors (Lipinski definition) is 1. The first kappa shape index (κ1) is 42.3. The molecule has 0 fully saturated rings. The molecule has 0 aliphatic rings. The summed E-state index contributed by atoms with van der Waals surface area (Å²) < 4.78 is 0. The number of unbranched alkanes of at least 4 members (excludes halogenated alkanes) is 30. The molecule has 0 unspecified atom stereocenters. The summed E-state index contributed by atoms with van der Waals surface area (Å²) in [5.41, 5.74) is 6.63. The van der Waals surface area contributed by atoms with Gasteiger partial charge in [-0.15, -0.1) is 0 Å². The molecule has 2 heteroatoms. The van der Waals surface area contributed by atoms with Crippen molar-refractivity contribution in [2.24, 2.45) is 5.73 Å². The lowest BCUT2D eigenvalue weighted by Gasteiger charge is -2.40. The summed E-state index contributed by atoms with van der Waals surface area (Å²) in [5, 5.41) is 0. The summed E-state index contributed by atoms with van der Waals surface area (Å²) in [4.78, 5) is 0. The molecule has 42 heavy (non-hydrogen) atoms. The third-order valence-corrected chi connectivity index (χ3v) is 14.1. The largest absolute Gasteiger partial charge is 0.323 e.